The number of phenolic OH excluding ortho intramolecular Hbond substituents is 1. The van der Waals surface area contributed by atoms with Crippen molar-refractivity contribution in [2.24, 2.45) is 5.90 Å². The fraction of sp³-hybridized carbons (Fsp3) is 0.250. The van der Waals surface area contributed by atoms with E-state index in [9.17, 15) is 18.3 Å². The van der Waals surface area contributed by atoms with Crippen LogP contribution in [0.2, 0.25) is 5.02 Å². The average molecular weight is 242 g/mol. The van der Waals surface area contributed by atoms with Crippen molar-refractivity contribution in [3.05, 3.63) is 28.3 Å². The predicted molar refractivity (Wildman–Crippen MR) is 47.1 cm³/mol. The van der Waals surface area contributed by atoms with Gasteiger partial charge in [0.2, 0.25) is 0 Å². The molecule has 0 atom stereocenters. The Labute approximate surface area is 88.2 Å². The number of nitrogens with two attached hydrogens (primary N) is 1. The van der Waals surface area contributed by atoms with Gasteiger partial charge >= 0.3 is 6.18 Å². The molecule has 0 heterocycles. The molecule has 0 fully saturated rings. The fourth-order valence-electron chi connectivity index (χ4n) is 1.02. The molecule has 0 spiro atoms. The summed E-state index contributed by atoms with van der Waals surface area (Å²) in [5.41, 5.74) is -1.07. The van der Waals surface area contributed by atoms with Crippen molar-refractivity contribution in [1.29, 1.82) is 0 Å². The molecule has 7 heteroatoms. The van der Waals surface area contributed by atoms with Crippen LogP contribution >= 0.6 is 11.6 Å². The minimum Gasteiger partial charge on any atom is -0.506 e. The van der Waals surface area contributed by atoms with Crippen LogP contribution in [0, 0.1) is 0 Å². The lowest BCUT2D eigenvalue weighted by Gasteiger charge is -2.11. The van der Waals surface area contributed by atoms with Gasteiger partial charge in [-0.2, -0.15) is 13.2 Å². The van der Waals surface area contributed by atoms with Crippen LogP contribution in [-0.4, -0.2) is 5.11 Å². The number of halogens is 4. The highest BCUT2D eigenvalue weighted by Gasteiger charge is 2.32. The molecule has 3 N–H and O–H groups in total. The molecule has 0 saturated carbocycles. The predicted octanol–water partition coefficient (Wildman–Crippen LogP) is 2.45. The van der Waals surface area contributed by atoms with Crippen molar-refractivity contribution in [3.63, 3.8) is 0 Å². The van der Waals surface area contributed by atoms with Crippen molar-refractivity contribution < 1.29 is 23.1 Å². The van der Waals surface area contributed by atoms with Gasteiger partial charge < -0.3 is 5.11 Å². The molecule has 0 aliphatic carbocycles. The highest BCUT2D eigenvalue weighted by Crippen LogP contribution is 2.36. The molecule has 3 nitrogen and oxygen atoms in total. The summed E-state index contributed by atoms with van der Waals surface area (Å²) in [5, 5.41) is 8.89. The molecule has 84 valence electrons. The first-order valence-corrected chi connectivity index (χ1v) is 4.14. The summed E-state index contributed by atoms with van der Waals surface area (Å²) in [4.78, 5) is 4.15. The smallest absolute Gasteiger partial charge is 0.416 e. The van der Waals surface area contributed by atoms with Gasteiger partial charge in [0.15, 0.2) is 0 Å². The Hall–Kier alpha value is -0.980. The second kappa shape index (κ2) is 4.26. The fourth-order valence-corrected chi connectivity index (χ4v) is 1.26. The third-order valence-electron chi connectivity index (χ3n) is 1.71. The molecule has 1 rings (SSSR count). The second-order valence-electron chi connectivity index (χ2n) is 2.77. The maximum atomic E-state index is 12.3. The zero-order chi connectivity index (χ0) is 11.6. The van der Waals surface area contributed by atoms with E-state index in [1.54, 1.807) is 0 Å². The van der Waals surface area contributed by atoms with E-state index >= 15 is 0 Å². The molecular weight excluding hydrogens is 235 g/mol. The molecule has 0 bridgehead atoms. The van der Waals surface area contributed by atoms with Crippen molar-refractivity contribution >= 4 is 11.6 Å². The van der Waals surface area contributed by atoms with Crippen LogP contribution in [0.25, 0.3) is 0 Å². The summed E-state index contributed by atoms with van der Waals surface area (Å²) < 4.78 is 36.9. The van der Waals surface area contributed by atoms with Gasteiger partial charge in [-0.3, -0.25) is 4.84 Å². The number of hydrogen-bond donors (Lipinski definition) is 2. The van der Waals surface area contributed by atoms with Crippen molar-refractivity contribution in [1.82, 2.24) is 0 Å². The van der Waals surface area contributed by atoms with E-state index in [1.165, 1.54) is 0 Å². The Morgan fingerprint density at radius 3 is 2.47 bits per heavy atom. The highest BCUT2D eigenvalue weighted by molar-refractivity contribution is 6.32. The number of phenols is 1. The summed E-state index contributed by atoms with van der Waals surface area (Å²) >= 11 is 5.41. The van der Waals surface area contributed by atoms with E-state index in [0.29, 0.717) is 6.07 Å². The van der Waals surface area contributed by atoms with Gasteiger partial charge in [0.05, 0.1) is 17.2 Å². The molecule has 0 amide bonds. The lowest BCUT2D eigenvalue weighted by atomic mass is 10.1. The van der Waals surface area contributed by atoms with Crippen molar-refractivity contribution in [2.45, 2.75) is 12.8 Å². The number of hydrogen-bond acceptors (Lipinski definition) is 3. The molecule has 0 saturated heterocycles. The monoisotopic (exact) mass is 241 g/mol. The molecule has 1 aromatic carbocycles. The van der Waals surface area contributed by atoms with Crippen LogP contribution in [0.5, 0.6) is 5.75 Å². The van der Waals surface area contributed by atoms with Crippen LogP contribution in [0.3, 0.4) is 0 Å². The van der Waals surface area contributed by atoms with Gasteiger partial charge in [0.25, 0.3) is 0 Å². The summed E-state index contributed by atoms with van der Waals surface area (Å²) in [6.07, 6.45) is -4.53. The zero-order valence-electron chi connectivity index (χ0n) is 7.31. The van der Waals surface area contributed by atoms with Gasteiger partial charge in [-0.25, -0.2) is 5.90 Å². The molecule has 0 aromatic heterocycles. The van der Waals surface area contributed by atoms with E-state index in [-0.39, 0.29) is 12.2 Å². The quantitative estimate of drug-likeness (QED) is 0.782. The molecule has 0 unspecified atom stereocenters. The number of rotatable bonds is 2. The topological polar surface area (TPSA) is 55.5 Å². The second-order valence-corrected chi connectivity index (χ2v) is 3.18. The third kappa shape index (κ3) is 2.74. The summed E-state index contributed by atoms with van der Waals surface area (Å²) in [5.74, 6) is 4.24. The molecule has 0 aliphatic rings. The molecular formula is C8H7ClF3NO2. The third-order valence-corrected chi connectivity index (χ3v) is 2.00. The minimum atomic E-state index is -4.53. The van der Waals surface area contributed by atoms with E-state index in [2.05, 4.69) is 4.84 Å². The largest absolute Gasteiger partial charge is 0.506 e. The maximum absolute atomic E-state index is 12.3. The lowest BCUT2D eigenvalue weighted by Crippen LogP contribution is -2.07. The first-order chi connectivity index (χ1) is 6.86. The Morgan fingerprint density at radius 1 is 1.40 bits per heavy atom. The van der Waals surface area contributed by atoms with Gasteiger partial charge in [-0.15, -0.1) is 0 Å². The van der Waals surface area contributed by atoms with Crippen molar-refractivity contribution in [2.75, 3.05) is 0 Å². The van der Waals surface area contributed by atoms with Gasteiger partial charge in [0.1, 0.15) is 5.75 Å². The summed E-state index contributed by atoms with van der Waals surface area (Å²) in [6.45, 7) is -0.352. The maximum Gasteiger partial charge on any atom is 0.416 e. The average Bonchev–Trinajstić information content (AvgIpc) is 2.11. The Balaban J connectivity index is 3.23. The molecule has 0 aliphatic heterocycles. The van der Waals surface area contributed by atoms with Crippen LogP contribution in [0.4, 0.5) is 13.2 Å². The van der Waals surface area contributed by atoms with Crippen LogP contribution in [-0.2, 0) is 17.6 Å². The first-order valence-electron chi connectivity index (χ1n) is 3.76. The van der Waals surface area contributed by atoms with Gasteiger partial charge in [-0.1, -0.05) is 11.6 Å². The van der Waals surface area contributed by atoms with Crippen LogP contribution < -0.4 is 5.90 Å². The number of benzene rings is 1. The van der Waals surface area contributed by atoms with Gasteiger partial charge in [-0.05, 0) is 12.1 Å². The standard InChI is InChI=1S/C8H7ClF3NO2/c9-6-2-5(8(10,11)12)1-4(3-15-13)7(6)14/h1-2,14H,3,13H2. The molecule has 1 aromatic rings. The highest BCUT2D eigenvalue weighted by atomic mass is 35.5. The van der Waals surface area contributed by atoms with E-state index in [4.69, 9.17) is 17.5 Å². The molecule has 0 radical (unpaired) electrons. The SMILES string of the molecule is NOCc1cc(C(F)(F)F)cc(Cl)c1O. The normalized spacial score (nSPS) is 11.8. The van der Waals surface area contributed by atoms with E-state index in [1.807, 2.05) is 0 Å². The van der Waals surface area contributed by atoms with Crippen LogP contribution in [0.15, 0.2) is 12.1 Å². The van der Waals surface area contributed by atoms with Gasteiger partial charge in [0, 0.05) is 5.56 Å². The van der Waals surface area contributed by atoms with Crippen molar-refractivity contribution in [3.8, 4) is 5.75 Å². The summed E-state index contributed by atoms with van der Waals surface area (Å²) in [6, 6.07) is 1.37. The Bertz CT molecular complexity index is 368. The Kier molecular flexibility index (Phi) is 3.43. The van der Waals surface area contributed by atoms with Crippen LogP contribution in [0.1, 0.15) is 11.1 Å². The lowest BCUT2D eigenvalue weighted by molar-refractivity contribution is -0.137. The minimum absolute atomic E-state index is 0.114. The number of aromatic hydroxyl groups is 1. The summed E-state index contributed by atoms with van der Waals surface area (Å²) in [7, 11) is 0. The molecule has 15 heavy (non-hydrogen) atoms. The van der Waals surface area contributed by atoms with E-state index < -0.39 is 22.5 Å². The van der Waals surface area contributed by atoms with E-state index in [0.717, 1.165) is 6.07 Å². The first kappa shape index (κ1) is 12.1. The Morgan fingerprint density at radius 2 is 2.00 bits per heavy atom. The number of alkyl halides is 3. The zero-order valence-corrected chi connectivity index (χ0v) is 8.06.